The average molecular weight is 385 g/mol. The van der Waals surface area contributed by atoms with E-state index < -0.39 is 0 Å². The average Bonchev–Trinajstić information content (AvgIpc) is 3.04. The van der Waals surface area contributed by atoms with Crippen molar-refractivity contribution >= 4 is 23.2 Å². The van der Waals surface area contributed by atoms with Crippen molar-refractivity contribution in [2.75, 3.05) is 5.32 Å². The van der Waals surface area contributed by atoms with Crippen molar-refractivity contribution in [2.45, 2.75) is 33.8 Å². The molecule has 140 valence electrons. The maximum Gasteiger partial charge on any atom is 0.278 e. The largest absolute Gasteiger partial charge is 0.489 e. The van der Waals surface area contributed by atoms with Crippen molar-refractivity contribution in [3.8, 4) is 5.75 Å². The van der Waals surface area contributed by atoms with Gasteiger partial charge in [-0.3, -0.25) is 4.79 Å². The van der Waals surface area contributed by atoms with E-state index in [-0.39, 0.29) is 18.2 Å². The fourth-order valence-electron chi connectivity index (χ4n) is 2.63. The Morgan fingerprint density at radius 2 is 1.93 bits per heavy atom. The van der Waals surface area contributed by atoms with Crippen LogP contribution in [0.2, 0.25) is 5.02 Å². The standard InChI is InChI=1S/C21H21ClN2O3/c1-4-15-6-9-17(10-7-15)26-12-18-14(3)27-24-20(18)21(25)23-19-11-16(22)8-5-13(19)2/h5-11H,4,12H2,1-3H3,(H,23,25). The minimum absolute atomic E-state index is 0.193. The molecule has 0 unspecified atom stereocenters. The van der Waals surface area contributed by atoms with Gasteiger partial charge in [-0.1, -0.05) is 41.9 Å². The number of ether oxygens (including phenoxy) is 1. The van der Waals surface area contributed by atoms with Crippen molar-refractivity contribution in [1.29, 1.82) is 0 Å². The lowest BCUT2D eigenvalue weighted by Gasteiger charge is -2.09. The first kappa shape index (κ1) is 19.0. The normalized spacial score (nSPS) is 10.7. The number of anilines is 1. The number of aromatic nitrogens is 1. The van der Waals surface area contributed by atoms with E-state index in [1.807, 2.05) is 37.3 Å². The Morgan fingerprint density at radius 3 is 2.63 bits per heavy atom. The molecule has 3 aromatic rings. The molecule has 0 aliphatic rings. The Morgan fingerprint density at radius 1 is 1.19 bits per heavy atom. The SMILES string of the molecule is CCc1ccc(OCc2c(C(=O)Nc3cc(Cl)ccc3C)noc2C)cc1. The van der Waals surface area contributed by atoms with Crippen LogP contribution in [0.5, 0.6) is 5.75 Å². The molecule has 6 heteroatoms. The van der Waals surface area contributed by atoms with Gasteiger partial charge in [-0.25, -0.2) is 0 Å². The Balaban J connectivity index is 1.75. The molecule has 1 heterocycles. The van der Waals surface area contributed by atoms with Gasteiger partial charge >= 0.3 is 0 Å². The zero-order valence-electron chi connectivity index (χ0n) is 15.5. The fraction of sp³-hybridized carbons (Fsp3) is 0.238. The van der Waals surface area contributed by atoms with E-state index in [4.69, 9.17) is 20.9 Å². The van der Waals surface area contributed by atoms with Crippen molar-refractivity contribution < 1.29 is 14.1 Å². The molecular weight excluding hydrogens is 364 g/mol. The molecule has 0 atom stereocenters. The lowest BCUT2D eigenvalue weighted by Crippen LogP contribution is -2.16. The Kier molecular flexibility index (Phi) is 5.81. The summed E-state index contributed by atoms with van der Waals surface area (Å²) in [7, 11) is 0. The molecule has 0 saturated heterocycles. The van der Waals surface area contributed by atoms with Crippen molar-refractivity contribution in [1.82, 2.24) is 5.16 Å². The number of aryl methyl sites for hydroxylation is 3. The lowest BCUT2D eigenvalue weighted by atomic mass is 10.1. The van der Waals surface area contributed by atoms with Gasteiger partial charge in [0.15, 0.2) is 5.69 Å². The van der Waals surface area contributed by atoms with Crippen LogP contribution in [-0.4, -0.2) is 11.1 Å². The van der Waals surface area contributed by atoms with Crippen LogP contribution >= 0.6 is 11.6 Å². The van der Waals surface area contributed by atoms with Gasteiger partial charge in [-0.15, -0.1) is 0 Å². The summed E-state index contributed by atoms with van der Waals surface area (Å²) in [6.07, 6.45) is 0.971. The minimum atomic E-state index is -0.364. The summed E-state index contributed by atoms with van der Waals surface area (Å²) in [4.78, 5) is 12.7. The van der Waals surface area contributed by atoms with Crippen LogP contribution in [0.15, 0.2) is 47.0 Å². The quantitative estimate of drug-likeness (QED) is 0.623. The molecule has 1 N–H and O–H groups in total. The Bertz CT molecular complexity index is 949. The summed E-state index contributed by atoms with van der Waals surface area (Å²) >= 11 is 6.02. The first-order valence-corrected chi connectivity index (χ1v) is 9.10. The van der Waals surface area contributed by atoms with E-state index >= 15 is 0 Å². The molecule has 0 spiro atoms. The number of nitrogens with one attached hydrogen (secondary N) is 1. The molecule has 27 heavy (non-hydrogen) atoms. The molecule has 0 fully saturated rings. The maximum atomic E-state index is 12.7. The zero-order valence-corrected chi connectivity index (χ0v) is 16.3. The smallest absolute Gasteiger partial charge is 0.278 e. The van der Waals surface area contributed by atoms with E-state index in [9.17, 15) is 4.79 Å². The first-order chi connectivity index (χ1) is 13.0. The molecule has 5 nitrogen and oxygen atoms in total. The molecule has 0 radical (unpaired) electrons. The summed E-state index contributed by atoms with van der Waals surface area (Å²) in [5.41, 5.74) is 3.60. The fourth-order valence-corrected chi connectivity index (χ4v) is 2.80. The summed E-state index contributed by atoms with van der Waals surface area (Å²) in [6.45, 7) is 5.94. The Hall–Kier alpha value is -2.79. The molecule has 0 saturated carbocycles. The van der Waals surface area contributed by atoms with Gasteiger partial charge in [0, 0.05) is 10.7 Å². The summed E-state index contributed by atoms with van der Waals surface area (Å²) in [5.74, 6) is 0.912. The highest BCUT2D eigenvalue weighted by Gasteiger charge is 2.21. The van der Waals surface area contributed by atoms with Crippen LogP contribution in [0.1, 0.15) is 39.9 Å². The molecule has 0 bridgehead atoms. The van der Waals surface area contributed by atoms with Gasteiger partial charge in [0.05, 0.1) is 5.56 Å². The monoisotopic (exact) mass is 384 g/mol. The highest BCUT2D eigenvalue weighted by atomic mass is 35.5. The third-order valence-corrected chi connectivity index (χ3v) is 4.60. The van der Waals surface area contributed by atoms with Crippen LogP contribution < -0.4 is 10.1 Å². The number of benzene rings is 2. The van der Waals surface area contributed by atoms with Crippen LogP contribution in [0, 0.1) is 13.8 Å². The molecule has 1 aromatic heterocycles. The summed E-state index contributed by atoms with van der Waals surface area (Å²) in [6, 6.07) is 13.2. The minimum Gasteiger partial charge on any atom is -0.489 e. The lowest BCUT2D eigenvalue weighted by molar-refractivity contribution is 0.101. The number of rotatable bonds is 6. The number of carbonyl (C=O) groups excluding carboxylic acids is 1. The Labute approximate surface area is 163 Å². The third-order valence-electron chi connectivity index (χ3n) is 4.36. The molecule has 3 rings (SSSR count). The molecule has 2 aromatic carbocycles. The number of nitrogens with zero attached hydrogens (tertiary/aromatic N) is 1. The molecule has 0 aliphatic heterocycles. The van der Waals surface area contributed by atoms with Crippen LogP contribution in [-0.2, 0) is 13.0 Å². The summed E-state index contributed by atoms with van der Waals surface area (Å²) in [5, 5.41) is 7.28. The maximum absolute atomic E-state index is 12.7. The number of carbonyl (C=O) groups is 1. The van der Waals surface area contributed by atoms with Gasteiger partial charge in [0.2, 0.25) is 0 Å². The van der Waals surface area contributed by atoms with Gasteiger partial charge in [-0.05, 0) is 55.7 Å². The van der Waals surface area contributed by atoms with Gasteiger partial charge in [-0.2, -0.15) is 0 Å². The number of hydrogen-bond donors (Lipinski definition) is 1. The topological polar surface area (TPSA) is 64.4 Å². The van der Waals surface area contributed by atoms with Gasteiger partial charge in [0.1, 0.15) is 18.1 Å². The molecular formula is C21H21ClN2O3. The second kappa shape index (κ2) is 8.27. The van der Waals surface area contributed by atoms with Gasteiger partial charge < -0.3 is 14.6 Å². The van der Waals surface area contributed by atoms with E-state index in [0.717, 1.165) is 17.7 Å². The number of hydrogen-bond acceptors (Lipinski definition) is 4. The second-order valence-corrected chi connectivity index (χ2v) is 6.70. The summed E-state index contributed by atoms with van der Waals surface area (Å²) < 4.78 is 11.0. The van der Waals surface area contributed by atoms with Crippen LogP contribution in [0.4, 0.5) is 5.69 Å². The van der Waals surface area contributed by atoms with E-state index in [2.05, 4.69) is 17.4 Å². The second-order valence-electron chi connectivity index (χ2n) is 6.27. The molecule has 1 amide bonds. The van der Waals surface area contributed by atoms with Crippen molar-refractivity contribution in [2.24, 2.45) is 0 Å². The molecule has 0 aliphatic carbocycles. The van der Waals surface area contributed by atoms with E-state index in [0.29, 0.717) is 22.0 Å². The van der Waals surface area contributed by atoms with Crippen molar-refractivity contribution in [3.63, 3.8) is 0 Å². The zero-order chi connectivity index (χ0) is 19.4. The van der Waals surface area contributed by atoms with E-state index in [1.165, 1.54) is 5.56 Å². The first-order valence-electron chi connectivity index (χ1n) is 8.72. The highest BCUT2D eigenvalue weighted by Crippen LogP contribution is 2.23. The predicted octanol–water partition coefficient (Wildman–Crippen LogP) is 5.34. The van der Waals surface area contributed by atoms with Crippen molar-refractivity contribution in [3.05, 3.63) is 75.6 Å². The van der Waals surface area contributed by atoms with E-state index in [1.54, 1.807) is 19.1 Å². The predicted molar refractivity (Wildman–Crippen MR) is 106 cm³/mol. The van der Waals surface area contributed by atoms with Crippen LogP contribution in [0.3, 0.4) is 0 Å². The highest BCUT2D eigenvalue weighted by molar-refractivity contribution is 6.31. The third kappa shape index (κ3) is 4.49. The number of halogens is 1. The number of amides is 1. The van der Waals surface area contributed by atoms with Crippen LogP contribution in [0.25, 0.3) is 0 Å². The van der Waals surface area contributed by atoms with Gasteiger partial charge in [0.25, 0.3) is 5.91 Å².